The van der Waals surface area contributed by atoms with Crippen molar-refractivity contribution in [3.05, 3.63) is 59.7 Å². The average Bonchev–Trinajstić information content (AvgIpc) is 2.56. The molecule has 0 atom stereocenters. The van der Waals surface area contributed by atoms with E-state index in [1.807, 2.05) is 0 Å². The molecule has 2 rings (SSSR count). The van der Waals surface area contributed by atoms with Crippen molar-refractivity contribution in [2.45, 2.75) is 0 Å². The highest BCUT2D eigenvalue weighted by Crippen LogP contribution is 2.28. The number of ether oxygens (including phenoxy) is 2. The van der Waals surface area contributed by atoms with Crippen LogP contribution in [-0.2, 0) is 4.79 Å². The van der Waals surface area contributed by atoms with Crippen molar-refractivity contribution < 1.29 is 23.0 Å². The van der Waals surface area contributed by atoms with Crippen LogP contribution in [0.1, 0.15) is 5.56 Å². The standard InChI is InChI=1S/C17H15F2NO3/c1-22-14-8-6-11(10-15(14)23-2)7-9-16(21)20-17-12(18)4-3-5-13(17)19/h3-10H,1-2H3,(H,20,21). The number of rotatable bonds is 5. The molecule has 0 saturated carbocycles. The van der Waals surface area contributed by atoms with Gasteiger partial charge in [-0.3, -0.25) is 4.79 Å². The number of para-hydroxylation sites is 1. The third-order valence-corrected chi connectivity index (χ3v) is 3.05. The van der Waals surface area contributed by atoms with Gasteiger partial charge in [-0.2, -0.15) is 0 Å². The van der Waals surface area contributed by atoms with E-state index >= 15 is 0 Å². The largest absolute Gasteiger partial charge is 0.493 e. The molecule has 0 fully saturated rings. The molecule has 0 unspecified atom stereocenters. The Hall–Kier alpha value is -2.89. The first-order chi connectivity index (χ1) is 11.0. The van der Waals surface area contributed by atoms with Crippen molar-refractivity contribution in [1.29, 1.82) is 0 Å². The summed E-state index contributed by atoms with van der Waals surface area (Å²) in [5, 5.41) is 2.17. The lowest BCUT2D eigenvalue weighted by Crippen LogP contribution is -2.10. The fourth-order valence-electron chi connectivity index (χ4n) is 1.91. The molecule has 0 aliphatic heterocycles. The smallest absolute Gasteiger partial charge is 0.248 e. The summed E-state index contributed by atoms with van der Waals surface area (Å²) < 4.78 is 37.2. The predicted molar refractivity (Wildman–Crippen MR) is 83.6 cm³/mol. The Morgan fingerprint density at radius 3 is 2.30 bits per heavy atom. The molecule has 4 nitrogen and oxygen atoms in total. The maximum Gasteiger partial charge on any atom is 0.248 e. The van der Waals surface area contributed by atoms with E-state index in [1.165, 1.54) is 32.4 Å². The monoisotopic (exact) mass is 319 g/mol. The molecule has 120 valence electrons. The molecule has 0 heterocycles. The van der Waals surface area contributed by atoms with E-state index in [1.54, 1.807) is 18.2 Å². The molecular formula is C17H15F2NO3. The second-order valence-electron chi connectivity index (χ2n) is 4.53. The molecule has 0 spiro atoms. The number of anilines is 1. The highest BCUT2D eigenvalue weighted by atomic mass is 19.1. The molecule has 1 N–H and O–H groups in total. The highest BCUT2D eigenvalue weighted by molar-refractivity contribution is 6.02. The normalized spacial score (nSPS) is 10.6. The van der Waals surface area contributed by atoms with Gasteiger partial charge in [-0.25, -0.2) is 8.78 Å². The molecule has 0 aliphatic rings. The Kier molecular flexibility index (Phi) is 5.30. The second kappa shape index (κ2) is 7.40. The summed E-state index contributed by atoms with van der Waals surface area (Å²) in [6.07, 6.45) is 2.67. The van der Waals surface area contributed by atoms with Gasteiger partial charge in [0, 0.05) is 6.08 Å². The maximum atomic E-state index is 13.4. The number of hydrogen-bond acceptors (Lipinski definition) is 3. The average molecular weight is 319 g/mol. The zero-order valence-corrected chi connectivity index (χ0v) is 12.6. The van der Waals surface area contributed by atoms with Gasteiger partial charge in [-0.1, -0.05) is 12.1 Å². The van der Waals surface area contributed by atoms with Gasteiger partial charge in [-0.05, 0) is 35.9 Å². The zero-order chi connectivity index (χ0) is 16.8. The lowest BCUT2D eigenvalue weighted by atomic mass is 10.2. The van der Waals surface area contributed by atoms with Crippen molar-refractivity contribution in [3.8, 4) is 11.5 Å². The summed E-state index contributed by atoms with van der Waals surface area (Å²) in [7, 11) is 3.02. The SMILES string of the molecule is COc1ccc(C=CC(=O)Nc2c(F)cccc2F)cc1OC. The molecule has 0 bridgehead atoms. The third-order valence-electron chi connectivity index (χ3n) is 3.05. The first kappa shape index (κ1) is 16.5. The minimum Gasteiger partial charge on any atom is -0.493 e. The topological polar surface area (TPSA) is 47.6 Å². The first-order valence-corrected chi connectivity index (χ1v) is 6.70. The fourth-order valence-corrected chi connectivity index (χ4v) is 1.91. The van der Waals surface area contributed by atoms with Crippen LogP contribution < -0.4 is 14.8 Å². The fraction of sp³-hybridized carbons (Fsp3) is 0.118. The molecule has 0 aromatic heterocycles. The predicted octanol–water partition coefficient (Wildman–Crippen LogP) is 3.63. The van der Waals surface area contributed by atoms with Crippen LogP contribution >= 0.6 is 0 Å². The minimum atomic E-state index is -0.835. The van der Waals surface area contributed by atoms with Gasteiger partial charge in [0.1, 0.15) is 17.3 Å². The maximum absolute atomic E-state index is 13.4. The summed E-state index contributed by atoms with van der Waals surface area (Å²) in [5.74, 6) is -1.25. The number of hydrogen-bond donors (Lipinski definition) is 1. The highest BCUT2D eigenvalue weighted by Gasteiger charge is 2.10. The Labute approximate surface area is 132 Å². The van der Waals surface area contributed by atoms with E-state index in [0.717, 1.165) is 12.1 Å². The Balaban J connectivity index is 2.12. The molecule has 1 amide bonds. The number of carbonyl (C=O) groups excluding carboxylic acids is 1. The molecule has 2 aromatic rings. The summed E-state index contributed by atoms with van der Waals surface area (Å²) in [5.41, 5.74) is 0.196. The van der Waals surface area contributed by atoms with Crippen molar-refractivity contribution in [2.24, 2.45) is 0 Å². The van der Waals surface area contributed by atoms with Crippen LogP contribution in [0.4, 0.5) is 14.5 Å². The van der Waals surface area contributed by atoms with Gasteiger partial charge in [-0.15, -0.1) is 0 Å². The summed E-state index contributed by atoms with van der Waals surface area (Å²) in [4.78, 5) is 11.8. The van der Waals surface area contributed by atoms with Gasteiger partial charge >= 0.3 is 0 Å². The van der Waals surface area contributed by atoms with Gasteiger partial charge in [0.2, 0.25) is 5.91 Å². The Morgan fingerprint density at radius 1 is 1.04 bits per heavy atom. The number of methoxy groups -OCH3 is 2. The molecule has 2 aromatic carbocycles. The molecule has 0 saturated heterocycles. The van der Waals surface area contributed by atoms with Crippen LogP contribution in [0, 0.1) is 11.6 Å². The van der Waals surface area contributed by atoms with Gasteiger partial charge < -0.3 is 14.8 Å². The van der Waals surface area contributed by atoms with Crippen molar-refractivity contribution in [3.63, 3.8) is 0 Å². The number of nitrogens with one attached hydrogen (secondary N) is 1. The molecule has 6 heteroatoms. The summed E-state index contributed by atoms with van der Waals surface area (Å²) in [6, 6.07) is 8.43. The van der Waals surface area contributed by atoms with E-state index in [-0.39, 0.29) is 0 Å². The molecule has 23 heavy (non-hydrogen) atoms. The first-order valence-electron chi connectivity index (χ1n) is 6.70. The van der Waals surface area contributed by atoms with Crippen LogP contribution in [0.25, 0.3) is 6.08 Å². The van der Waals surface area contributed by atoms with Crippen LogP contribution in [0.5, 0.6) is 11.5 Å². The number of amides is 1. The molecular weight excluding hydrogens is 304 g/mol. The number of carbonyl (C=O) groups is 1. The van der Waals surface area contributed by atoms with Crippen molar-refractivity contribution in [1.82, 2.24) is 0 Å². The van der Waals surface area contributed by atoms with Crippen LogP contribution in [0.2, 0.25) is 0 Å². The van der Waals surface area contributed by atoms with E-state index in [9.17, 15) is 13.6 Å². The quantitative estimate of drug-likeness (QED) is 0.856. The van der Waals surface area contributed by atoms with Gasteiger partial charge in [0.25, 0.3) is 0 Å². The molecule has 0 aliphatic carbocycles. The van der Waals surface area contributed by atoms with Crippen molar-refractivity contribution in [2.75, 3.05) is 19.5 Å². The van der Waals surface area contributed by atoms with Crippen LogP contribution in [-0.4, -0.2) is 20.1 Å². The summed E-state index contributed by atoms with van der Waals surface area (Å²) >= 11 is 0. The van der Waals surface area contributed by atoms with Gasteiger partial charge in [0.05, 0.1) is 14.2 Å². The lowest BCUT2D eigenvalue weighted by Gasteiger charge is -2.07. The lowest BCUT2D eigenvalue weighted by molar-refractivity contribution is -0.111. The van der Waals surface area contributed by atoms with E-state index in [2.05, 4.69) is 5.32 Å². The Morgan fingerprint density at radius 2 is 1.70 bits per heavy atom. The zero-order valence-electron chi connectivity index (χ0n) is 12.6. The Bertz CT molecular complexity index is 724. The van der Waals surface area contributed by atoms with Gasteiger partial charge in [0.15, 0.2) is 11.5 Å². The van der Waals surface area contributed by atoms with E-state index in [0.29, 0.717) is 17.1 Å². The number of benzene rings is 2. The number of halogens is 2. The second-order valence-corrected chi connectivity index (χ2v) is 4.53. The third kappa shape index (κ3) is 4.06. The van der Waals surface area contributed by atoms with Crippen LogP contribution in [0.15, 0.2) is 42.5 Å². The van der Waals surface area contributed by atoms with Crippen molar-refractivity contribution >= 4 is 17.7 Å². The summed E-state index contributed by atoms with van der Waals surface area (Å²) in [6.45, 7) is 0. The minimum absolute atomic E-state index is 0.477. The van der Waals surface area contributed by atoms with Crippen LogP contribution in [0.3, 0.4) is 0 Å². The van der Waals surface area contributed by atoms with E-state index in [4.69, 9.17) is 9.47 Å². The molecule has 0 radical (unpaired) electrons. The van der Waals surface area contributed by atoms with E-state index < -0.39 is 23.2 Å².